The molecule has 114 valence electrons. The van der Waals surface area contributed by atoms with Crippen molar-refractivity contribution < 1.29 is 13.2 Å². The first-order valence-electron chi connectivity index (χ1n) is 6.67. The van der Waals surface area contributed by atoms with Gasteiger partial charge in [0, 0.05) is 0 Å². The predicted octanol–water partition coefficient (Wildman–Crippen LogP) is 3.27. The largest absolute Gasteiger partial charge is 0.416 e. The van der Waals surface area contributed by atoms with E-state index in [9.17, 15) is 13.2 Å². The van der Waals surface area contributed by atoms with Gasteiger partial charge < -0.3 is 5.32 Å². The van der Waals surface area contributed by atoms with Crippen LogP contribution in [-0.4, -0.2) is 21.5 Å². The number of hydrogen-bond acceptors (Lipinski definition) is 3. The van der Waals surface area contributed by atoms with E-state index in [1.807, 2.05) is 13.8 Å². The molecule has 1 aromatic carbocycles. The Morgan fingerprint density at radius 1 is 1.33 bits per heavy atom. The summed E-state index contributed by atoms with van der Waals surface area (Å²) < 4.78 is 39.7. The molecule has 0 aliphatic carbocycles. The van der Waals surface area contributed by atoms with E-state index in [0.29, 0.717) is 5.69 Å². The molecule has 0 radical (unpaired) electrons. The van der Waals surface area contributed by atoms with Gasteiger partial charge in [0.15, 0.2) is 0 Å². The van der Waals surface area contributed by atoms with E-state index in [-0.39, 0.29) is 6.04 Å². The molecular weight excluding hydrogens is 281 g/mol. The van der Waals surface area contributed by atoms with Gasteiger partial charge in [-0.1, -0.05) is 18.2 Å². The lowest BCUT2D eigenvalue weighted by Crippen LogP contribution is -2.19. The van der Waals surface area contributed by atoms with Crippen molar-refractivity contribution in [2.75, 3.05) is 6.54 Å². The van der Waals surface area contributed by atoms with Gasteiger partial charge >= 0.3 is 6.18 Å². The van der Waals surface area contributed by atoms with Crippen LogP contribution in [0.4, 0.5) is 13.2 Å². The monoisotopic (exact) mass is 298 g/mol. The molecule has 1 aromatic heterocycles. The molecule has 1 heterocycles. The molecule has 21 heavy (non-hydrogen) atoms. The number of hydrogen-bond donors (Lipinski definition) is 1. The van der Waals surface area contributed by atoms with Crippen molar-refractivity contribution in [2.24, 2.45) is 0 Å². The van der Waals surface area contributed by atoms with Crippen molar-refractivity contribution in [1.29, 1.82) is 0 Å². The van der Waals surface area contributed by atoms with Crippen LogP contribution in [0.5, 0.6) is 0 Å². The van der Waals surface area contributed by atoms with Crippen LogP contribution in [-0.2, 0) is 6.18 Å². The van der Waals surface area contributed by atoms with Crippen LogP contribution >= 0.6 is 0 Å². The minimum atomic E-state index is -4.37. The second-order valence-corrected chi connectivity index (χ2v) is 4.80. The Morgan fingerprint density at radius 3 is 2.67 bits per heavy atom. The van der Waals surface area contributed by atoms with Crippen molar-refractivity contribution in [1.82, 2.24) is 20.3 Å². The second-order valence-electron chi connectivity index (χ2n) is 4.80. The lowest BCUT2D eigenvalue weighted by molar-refractivity contribution is -0.137. The Kier molecular flexibility index (Phi) is 4.32. The molecule has 0 aliphatic heterocycles. The van der Waals surface area contributed by atoms with E-state index in [4.69, 9.17) is 0 Å². The smallest absolute Gasteiger partial charge is 0.309 e. The van der Waals surface area contributed by atoms with Crippen LogP contribution in [0.3, 0.4) is 0 Å². The molecule has 7 heteroatoms. The standard InChI is InChI=1S/C14H17F3N4/c1-4-18-9(2)13-10(3)21(20-19-13)12-7-5-6-11(8-12)14(15,16)17/h5-9,18H,4H2,1-3H3. The van der Waals surface area contributed by atoms with Gasteiger partial charge in [0.2, 0.25) is 0 Å². The van der Waals surface area contributed by atoms with Gasteiger partial charge in [0.25, 0.3) is 0 Å². The molecule has 1 atom stereocenters. The van der Waals surface area contributed by atoms with Crippen molar-refractivity contribution in [3.05, 3.63) is 41.2 Å². The average molecular weight is 298 g/mol. The number of benzene rings is 1. The average Bonchev–Trinajstić information content (AvgIpc) is 2.80. The number of nitrogens with zero attached hydrogens (tertiary/aromatic N) is 3. The third kappa shape index (κ3) is 3.24. The van der Waals surface area contributed by atoms with Crippen molar-refractivity contribution in [3.63, 3.8) is 0 Å². The van der Waals surface area contributed by atoms with Gasteiger partial charge in [-0.15, -0.1) is 5.10 Å². The maximum Gasteiger partial charge on any atom is 0.416 e. The molecule has 0 fully saturated rings. The summed E-state index contributed by atoms with van der Waals surface area (Å²) >= 11 is 0. The molecule has 0 saturated carbocycles. The summed E-state index contributed by atoms with van der Waals surface area (Å²) in [7, 11) is 0. The molecule has 0 bridgehead atoms. The van der Waals surface area contributed by atoms with E-state index in [1.165, 1.54) is 10.7 Å². The number of nitrogens with one attached hydrogen (secondary N) is 1. The zero-order valence-electron chi connectivity index (χ0n) is 12.1. The zero-order chi connectivity index (χ0) is 15.6. The highest BCUT2D eigenvalue weighted by Gasteiger charge is 2.30. The van der Waals surface area contributed by atoms with Crippen molar-refractivity contribution in [3.8, 4) is 5.69 Å². The molecule has 4 nitrogen and oxygen atoms in total. The fourth-order valence-electron chi connectivity index (χ4n) is 2.20. The zero-order valence-corrected chi connectivity index (χ0v) is 12.1. The van der Waals surface area contributed by atoms with Gasteiger partial charge in [0.05, 0.1) is 23.0 Å². The molecule has 2 rings (SSSR count). The first-order chi connectivity index (χ1) is 9.84. The highest BCUT2D eigenvalue weighted by molar-refractivity contribution is 5.38. The Labute approximate surface area is 121 Å². The molecule has 0 amide bonds. The number of aromatic nitrogens is 3. The third-order valence-electron chi connectivity index (χ3n) is 3.27. The van der Waals surface area contributed by atoms with Gasteiger partial charge in [-0.25, -0.2) is 4.68 Å². The van der Waals surface area contributed by atoms with Crippen molar-refractivity contribution >= 4 is 0 Å². The highest BCUT2D eigenvalue weighted by Crippen LogP contribution is 2.30. The van der Waals surface area contributed by atoms with Crippen LogP contribution < -0.4 is 5.32 Å². The summed E-state index contributed by atoms with van der Waals surface area (Å²) in [6.45, 7) is 6.49. The van der Waals surface area contributed by atoms with Crippen LogP contribution in [0.15, 0.2) is 24.3 Å². The second kappa shape index (κ2) is 5.85. The Balaban J connectivity index is 2.40. The number of rotatable bonds is 4. The molecule has 1 unspecified atom stereocenters. The quantitative estimate of drug-likeness (QED) is 0.942. The lowest BCUT2D eigenvalue weighted by atomic mass is 10.1. The Bertz CT molecular complexity index is 619. The molecule has 0 saturated heterocycles. The molecular formula is C14H17F3N4. The van der Waals surface area contributed by atoms with E-state index in [2.05, 4.69) is 15.6 Å². The van der Waals surface area contributed by atoms with Crippen molar-refractivity contribution in [2.45, 2.75) is 33.0 Å². The number of halogens is 3. The minimum Gasteiger partial charge on any atom is -0.309 e. The first kappa shape index (κ1) is 15.5. The first-order valence-corrected chi connectivity index (χ1v) is 6.67. The fraction of sp³-hybridized carbons (Fsp3) is 0.429. The Morgan fingerprint density at radius 2 is 2.05 bits per heavy atom. The summed E-state index contributed by atoms with van der Waals surface area (Å²) in [5.41, 5.74) is 1.11. The summed E-state index contributed by atoms with van der Waals surface area (Å²) in [6, 6.07) is 5.06. The summed E-state index contributed by atoms with van der Waals surface area (Å²) in [5, 5.41) is 11.3. The maximum absolute atomic E-state index is 12.8. The van der Waals surface area contributed by atoms with Gasteiger partial charge in [-0.3, -0.25) is 0 Å². The van der Waals surface area contributed by atoms with E-state index < -0.39 is 11.7 Å². The van der Waals surface area contributed by atoms with Gasteiger partial charge in [-0.2, -0.15) is 13.2 Å². The topological polar surface area (TPSA) is 42.7 Å². The van der Waals surface area contributed by atoms with Crippen LogP contribution in [0.2, 0.25) is 0 Å². The lowest BCUT2D eigenvalue weighted by Gasteiger charge is -2.11. The SMILES string of the molecule is CCNC(C)c1nnn(-c2cccc(C(F)(F)F)c2)c1C. The van der Waals surface area contributed by atoms with Gasteiger partial charge in [0.1, 0.15) is 5.69 Å². The third-order valence-corrected chi connectivity index (χ3v) is 3.27. The molecule has 0 spiro atoms. The summed E-state index contributed by atoms with van der Waals surface area (Å²) in [6.07, 6.45) is -4.37. The molecule has 2 aromatic rings. The number of alkyl halides is 3. The molecule has 0 aliphatic rings. The van der Waals surface area contributed by atoms with E-state index in [0.717, 1.165) is 30.1 Å². The van der Waals surface area contributed by atoms with Crippen LogP contribution in [0.1, 0.15) is 36.8 Å². The van der Waals surface area contributed by atoms with Crippen LogP contribution in [0, 0.1) is 6.92 Å². The fourth-order valence-corrected chi connectivity index (χ4v) is 2.20. The maximum atomic E-state index is 12.8. The van der Waals surface area contributed by atoms with Crippen LogP contribution in [0.25, 0.3) is 5.69 Å². The minimum absolute atomic E-state index is 0.00505. The Hall–Kier alpha value is -1.89. The predicted molar refractivity (Wildman–Crippen MR) is 73.2 cm³/mol. The van der Waals surface area contributed by atoms with Gasteiger partial charge in [-0.05, 0) is 38.6 Å². The summed E-state index contributed by atoms with van der Waals surface area (Å²) in [5.74, 6) is 0. The summed E-state index contributed by atoms with van der Waals surface area (Å²) in [4.78, 5) is 0. The highest BCUT2D eigenvalue weighted by atomic mass is 19.4. The van der Waals surface area contributed by atoms with E-state index in [1.54, 1.807) is 13.0 Å². The normalized spacial score (nSPS) is 13.4. The van der Waals surface area contributed by atoms with E-state index >= 15 is 0 Å². The molecule has 1 N–H and O–H groups in total.